The summed E-state index contributed by atoms with van der Waals surface area (Å²) in [6.07, 6.45) is 3.15. The summed E-state index contributed by atoms with van der Waals surface area (Å²) in [5.41, 5.74) is 7.54. The second-order valence-corrected chi connectivity index (χ2v) is 4.93. The van der Waals surface area contributed by atoms with E-state index >= 15 is 0 Å². The van der Waals surface area contributed by atoms with E-state index in [1.54, 1.807) is 11.0 Å². The SMILES string of the molecule is CC(N)C(C)C(=O)Nc1cccc(Cn2cncn2)c1.Cl.Cl. The van der Waals surface area contributed by atoms with E-state index in [0.717, 1.165) is 11.3 Å². The van der Waals surface area contributed by atoms with Gasteiger partial charge in [-0.3, -0.25) is 4.79 Å². The number of aromatic nitrogens is 3. The van der Waals surface area contributed by atoms with E-state index in [1.807, 2.05) is 38.1 Å². The Labute approximate surface area is 142 Å². The van der Waals surface area contributed by atoms with Crippen LogP contribution in [0.4, 0.5) is 5.69 Å². The molecule has 0 aliphatic heterocycles. The molecule has 0 radical (unpaired) electrons. The Bertz CT molecular complexity index is 574. The number of carbonyl (C=O) groups excluding carboxylic acids is 1. The molecule has 0 saturated carbocycles. The highest BCUT2D eigenvalue weighted by atomic mass is 35.5. The van der Waals surface area contributed by atoms with Gasteiger partial charge in [0, 0.05) is 11.7 Å². The normalized spacial score (nSPS) is 12.5. The van der Waals surface area contributed by atoms with Gasteiger partial charge in [-0.2, -0.15) is 5.10 Å². The van der Waals surface area contributed by atoms with Crippen LogP contribution in [0.5, 0.6) is 0 Å². The lowest BCUT2D eigenvalue weighted by Gasteiger charge is -2.15. The molecule has 0 spiro atoms. The van der Waals surface area contributed by atoms with Gasteiger partial charge in [-0.15, -0.1) is 24.8 Å². The molecule has 3 N–H and O–H groups in total. The van der Waals surface area contributed by atoms with Gasteiger partial charge in [-0.25, -0.2) is 9.67 Å². The second-order valence-electron chi connectivity index (χ2n) is 4.93. The predicted molar refractivity (Wildman–Crippen MR) is 91.5 cm³/mol. The Kier molecular flexibility index (Phi) is 8.70. The molecule has 0 saturated heterocycles. The van der Waals surface area contributed by atoms with Crippen molar-refractivity contribution in [2.24, 2.45) is 11.7 Å². The number of benzene rings is 1. The van der Waals surface area contributed by atoms with Gasteiger partial charge >= 0.3 is 0 Å². The number of carbonyl (C=O) groups is 1. The average molecular weight is 346 g/mol. The molecule has 1 amide bonds. The van der Waals surface area contributed by atoms with E-state index in [1.165, 1.54) is 6.33 Å². The van der Waals surface area contributed by atoms with Crippen LogP contribution < -0.4 is 11.1 Å². The van der Waals surface area contributed by atoms with Crippen molar-refractivity contribution >= 4 is 36.4 Å². The van der Waals surface area contributed by atoms with Gasteiger partial charge in [-0.1, -0.05) is 19.1 Å². The van der Waals surface area contributed by atoms with E-state index < -0.39 is 0 Å². The van der Waals surface area contributed by atoms with Crippen molar-refractivity contribution < 1.29 is 4.79 Å². The maximum Gasteiger partial charge on any atom is 0.228 e. The molecule has 1 heterocycles. The summed E-state index contributed by atoms with van der Waals surface area (Å²) in [5.74, 6) is -0.299. The van der Waals surface area contributed by atoms with E-state index in [0.29, 0.717) is 6.54 Å². The van der Waals surface area contributed by atoms with Crippen molar-refractivity contribution in [2.45, 2.75) is 26.4 Å². The molecule has 2 rings (SSSR count). The third kappa shape index (κ3) is 5.63. The highest BCUT2D eigenvalue weighted by molar-refractivity contribution is 5.92. The van der Waals surface area contributed by atoms with E-state index in [-0.39, 0.29) is 42.7 Å². The molecule has 0 fully saturated rings. The Morgan fingerprint density at radius 3 is 2.68 bits per heavy atom. The molecular weight excluding hydrogens is 325 g/mol. The van der Waals surface area contributed by atoms with E-state index in [9.17, 15) is 4.79 Å². The van der Waals surface area contributed by atoms with Gasteiger partial charge in [-0.05, 0) is 24.6 Å². The second kappa shape index (κ2) is 9.40. The molecule has 1 aromatic heterocycles. The van der Waals surface area contributed by atoms with Crippen LogP contribution in [0, 0.1) is 5.92 Å². The van der Waals surface area contributed by atoms with Crippen molar-refractivity contribution in [1.29, 1.82) is 0 Å². The standard InChI is InChI=1S/C14H19N5O.2ClH/c1-10(11(2)15)14(20)18-13-5-3-4-12(6-13)7-19-9-16-8-17-19;;/h3-6,8-11H,7,15H2,1-2H3,(H,18,20);2*1H. The average Bonchev–Trinajstić information content (AvgIpc) is 2.91. The molecular formula is C14H21Cl2N5O. The third-order valence-electron chi connectivity index (χ3n) is 3.21. The van der Waals surface area contributed by atoms with Crippen LogP contribution in [0.25, 0.3) is 0 Å². The molecule has 1 aromatic carbocycles. The highest BCUT2D eigenvalue weighted by Gasteiger charge is 2.16. The van der Waals surface area contributed by atoms with Crippen LogP contribution in [-0.2, 0) is 11.3 Å². The number of rotatable bonds is 5. The zero-order valence-corrected chi connectivity index (χ0v) is 14.1. The fraction of sp³-hybridized carbons (Fsp3) is 0.357. The zero-order valence-electron chi connectivity index (χ0n) is 12.5. The smallest absolute Gasteiger partial charge is 0.228 e. The number of hydrogen-bond acceptors (Lipinski definition) is 4. The Hall–Kier alpha value is -1.63. The minimum atomic E-state index is -0.228. The lowest BCUT2D eigenvalue weighted by Crippen LogP contribution is -2.34. The predicted octanol–water partition coefficient (Wildman–Crippen LogP) is 2.09. The topological polar surface area (TPSA) is 85.8 Å². The van der Waals surface area contributed by atoms with Gasteiger partial charge in [0.05, 0.1) is 12.5 Å². The van der Waals surface area contributed by atoms with Crippen molar-refractivity contribution in [3.8, 4) is 0 Å². The monoisotopic (exact) mass is 345 g/mol. The van der Waals surface area contributed by atoms with E-state index in [4.69, 9.17) is 5.73 Å². The fourth-order valence-corrected chi connectivity index (χ4v) is 1.74. The highest BCUT2D eigenvalue weighted by Crippen LogP contribution is 2.13. The van der Waals surface area contributed by atoms with Crippen LogP contribution in [-0.4, -0.2) is 26.7 Å². The first-order chi connectivity index (χ1) is 9.56. The summed E-state index contributed by atoms with van der Waals surface area (Å²) in [7, 11) is 0. The summed E-state index contributed by atoms with van der Waals surface area (Å²) in [4.78, 5) is 15.9. The Balaban J connectivity index is 0.00000220. The first-order valence-electron chi connectivity index (χ1n) is 6.54. The third-order valence-corrected chi connectivity index (χ3v) is 3.21. The Morgan fingerprint density at radius 1 is 1.36 bits per heavy atom. The fourth-order valence-electron chi connectivity index (χ4n) is 1.74. The number of nitrogens with one attached hydrogen (secondary N) is 1. The molecule has 0 bridgehead atoms. The number of halogens is 2. The molecule has 8 heteroatoms. The van der Waals surface area contributed by atoms with Crippen LogP contribution in [0.3, 0.4) is 0 Å². The van der Waals surface area contributed by atoms with Gasteiger partial charge in [0.1, 0.15) is 12.7 Å². The molecule has 6 nitrogen and oxygen atoms in total. The summed E-state index contributed by atoms with van der Waals surface area (Å²) >= 11 is 0. The van der Waals surface area contributed by atoms with Gasteiger partial charge < -0.3 is 11.1 Å². The molecule has 122 valence electrons. The quantitative estimate of drug-likeness (QED) is 0.868. The zero-order chi connectivity index (χ0) is 14.5. The minimum Gasteiger partial charge on any atom is -0.327 e. The van der Waals surface area contributed by atoms with Crippen molar-refractivity contribution in [3.63, 3.8) is 0 Å². The summed E-state index contributed by atoms with van der Waals surface area (Å²) in [6, 6.07) is 7.49. The van der Waals surface area contributed by atoms with E-state index in [2.05, 4.69) is 15.4 Å². The Morgan fingerprint density at radius 2 is 2.09 bits per heavy atom. The molecule has 22 heavy (non-hydrogen) atoms. The number of hydrogen-bond donors (Lipinski definition) is 2. The maximum atomic E-state index is 12.0. The van der Waals surface area contributed by atoms with Gasteiger partial charge in [0.15, 0.2) is 0 Å². The molecule has 0 aliphatic rings. The molecule has 2 atom stereocenters. The number of amides is 1. The van der Waals surface area contributed by atoms with Gasteiger partial charge in [0.25, 0.3) is 0 Å². The summed E-state index contributed by atoms with van der Waals surface area (Å²) in [6.45, 7) is 4.26. The van der Waals surface area contributed by atoms with Crippen LogP contribution in [0.15, 0.2) is 36.9 Å². The lowest BCUT2D eigenvalue weighted by molar-refractivity contribution is -0.119. The minimum absolute atomic E-state index is 0. The molecule has 0 aliphatic carbocycles. The van der Waals surface area contributed by atoms with Crippen molar-refractivity contribution in [3.05, 3.63) is 42.5 Å². The first-order valence-corrected chi connectivity index (χ1v) is 6.54. The van der Waals surface area contributed by atoms with Crippen LogP contribution in [0.1, 0.15) is 19.4 Å². The van der Waals surface area contributed by atoms with Crippen molar-refractivity contribution in [2.75, 3.05) is 5.32 Å². The summed E-state index contributed by atoms with van der Waals surface area (Å²) < 4.78 is 1.73. The molecule has 2 aromatic rings. The lowest BCUT2D eigenvalue weighted by atomic mass is 10.0. The number of nitrogens with zero attached hydrogens (tertiary/aromatic N) is 3. The number of nitrogens with two attached hydrogens (primary N) is 1. The summed E-state index contributed by atoms with van der Waals surface area (Å²) in [5, 5.41) is 6.93. The maximum absolute atomic E-state index is 12.0. The first kappa shape index (κ1) is 20.4. The number of anilines is 1. The molecule has 2 unspecified atom stereocenters. The van der Waals surface area contributed by atoms with Crippen molar-refractivity contribution in [1.82, 2.24) is 14.8 Å². The van der Waals surface area contributed by atoms with Gasteiger partial charge in [0.2, 0.25) is 5.91 Å². The van der Waals surface area contributed by atoms with Crippen LogP contribution in [0.2, 0.25) is 0 Å². The largest absolute Gasteiger partial charge is 0.327 e. The van der Waals surface area contributed by atoms with Crippen LogP contribution >= 0.6 is 24.8 Å².